The molecule has 0 saturated heterocycles. The molecule has 18 heavy (non-hydrogen) atoms. The fraction of sp³-hybridized carbons (Fsp3) is 0.154. The second-order valence-corrected chi connectivity index (χ2v) is 4.94. The molecule has 0 radical (unpaired) electrons. The third-order valence-electron chi connectivity index (χ3n) is 2.66. The van der Waals surface area contributed by atoms with E-state index in [1.54, 1.807) is 11.3 Å². The van der Waals surface area contributed by atoms with Crippen LogP contribution in [0, 0.1) is 6.92 Å². The number of hydrogen-bond acceptors (Lipinski definition) is 5. The van der Waals surface area contributed by atoms with Crippen LogP contribution < -0.4 is 5.32 Å². The van der Waals surface area contributed by atoms with Crippen LogP contribution in [0.15, 0.2) is 36.0 Å². The van der Waals surface area contributed by atoms with Gasteiger partial charge >= 0.3 is 0 Å². The van der Waals surface area contributed by atoms with Crippen molar-refractivity contribution in [2.45, 2.75) is 13.5 Å². The van der Waals surface area contributed by atoms with E-state index in [0.717, 1.165) is 29.1 Å². The lowest BCUT2D eigenvalue weighted by molar-refractivity contribution is 1.09. The fourth-order valence-electron chi connectivity index (χ4n) is 1.76. The van der Waals surface area contributed by atoms with Crippen LogP contribution in [0.1, 0.15) is 10.6 Å². The molecule has 90 valence electrons. The Morgan fingerprint density at radius 1 is 1.17 bits per heavy atom. The third kappa shape index (κ3) is 2.17. The van der Waals surface area contributed by atoms with Gasteiger partial charge in [0.05, 0.1) is 28.8 Å². The van der Waals surface area contributed by atoms with Crippen LogP contribution >= 0.6 is 11.3 Å². The summed E-state index contributed by atoms with van der Waals surface area (Å²) < 4.78 is 0. The van der Waals surface area contributed by atoms with Gasteiger partial charge in [0.15, 0.2) is 0 Å². The maximum Gasteiger partial charge on any atom is 0.148 e. The number of aromatic nitrogens is 3. The number of hydrogen-bond donors (Lipinski definition) is 1. The molecule has 1 aromatic carbocycles. The van der Waals surface area contributed by atoms with E-state index >= 15 is 0 Å². The molecular formula is C13H12N4S. The summed E-state index contributed by atoms with van der Waals surface area (Å²) in [7, 11) is 0. The third-order valence-corrected chi connectivity index (χ3v) is 3.44. The van der Waals surface area contributed by atoms with Gasteiger partial charge in [-0.05, 0) is 19.1 Å². The Balaban J connectivity index is 1.89. The van der Waals surface area contributed by atoms with E-state index < -0.39 is 0 Å². The van der Waals surface area contributed by atoms with Crippen molar-refractivity contribution in [3.05, 3.63) is 46.5 Å². The molecule has 0 saturated carbocycles. The van der Waals surface area contributed by atoms with Crippen LogP contribution in [0.2, 0.25) is 0 Å². The Kier molecular flexibility index (Phi) is 2.90. The zero-order chi connectivity index (χ0) is 12.4. The van der Waals surface area contributed by atoms with Crippen molar-refractivity contribution in [1.82, 2.24) is 15.0 Å². The van der Waals surface area contributed by atoms with Gasteiger partial charge in [0.25, 0.3) is 0 Å². The molecule has 2 heterocycles. The van der Waals surface area contributed by atoms with E-state index in [1.807, 2.05) is 42.9 Å². The largest absolute Gasteiger partial charge is 0.364 e. The topological polar surface area (TPSA) is 50.7 Å². The number of nitrogens with one attached hydrogen (secondary N) is 1. The van der Waals surface area contributed by atoms with Crippen molar-refractivity contribution in [2.24, 2.45) is 0 Å². The van der Waals surface area contributed by atoms with Gasteiger partial charge in [0.1, 0.15) is 5.82 Å². The molecule has 0 aliphatic carbocycles. The molecule has 0 amide bonds. The summed E-state index contributed by atoms with van der Waals surface area (Å²) in [6.45, 7) is 2.70. The van der Waals surface area contributed by atoms with E-state index in [-0.39, 0.29) is 0 Å². The van der Waals surface area contributed by atoms with Gasteiger partial charge in [-0.15, -0.1) is 11.3 Å². The first-order chi connectivity index (χ1) is 8.83. The van der Waals surface area contributed by atoms with Gasteiger partial charge in [-0.1, -0.05) is 12.1 Å². The highest BCUT2D eigenvalue weighted by molar-refractivity contribution is 7.09. The Bertz CT molecular complexity index is 664. The van der Waals surface area contributed by atoms with Crippen molar-refractivity contribution < 1.29 is 0 Å². The SMILES string of the molecule is Cc1nc2ccccc2nc1NCc1cncs1. The van der Waals surface area contributed by atoms with Gasteiger partial charge in [-0.3, -0.25) is 4.98 Å². The van der Waals surface area contributed by atoms with Crippen LogP contribution in [0.3, 0.4) is 0 Å². The number of nitrogens with zero attached hydrogens (tertiary/aromatic N) is 3. The number of thiazole rings is 1. The quantitative estimate of drug-likeness (QED) is 0.782. The fourth-order valence-corrected chi connectivity index (χ4v) is 2.29. The van der Waals surface area contributed by atoms with E-state index in [1.165, 1.54) is 4.88 Å². The zero-order valence-corrected chi connectivity index (χ0v) is 10.7. The summed E-state index contributed by atoms with van der Waals surface area (Å²) >= 11 is 1.63. The molecule has 1 N–H and O–H groups in total. The van der Waals surface area contributed by atoms with Crippen LogP contribution in [0.25, 0.3) is 11.0 Å². The lowest BCUT2D eigenvalue weighted by atomic mass is 10.3. The van der Waals surface area contributed by atoms with E-state index in [9.17, 15) is 0 Å². The maximum absolute atomic E-state index is 4.58. The first-order valence-corrected chi connectivity index (χ1v) is 6.55. The normalized spacial score (nSPS) is 10.7. The average molecular weight is 256 g/mol. The van der Waals surface area contributed by atoms with E-state index in [4.69, 9.17) is 0 Å². The lowest BCUT2D eigenvalue weighted by Gasteiger charge is -2.08. The van der Waals surface area contributed by atoms with Gasteiger partial charge in [-0.25, -0.2) is 9.97 Å². The van der Waals surface area contributed by atoms with Gasteiger partial charge < -0.3 is 5.32 Å². The number of fused-ring (bicyclic) bond motifs is 1. The van der Waals surface area contributed by atoms with Crippen molar-refractivity contribution >= 4 is 28.2 Å². The molecule has 5 heteroatoms. The summed E-state index contributed by atoms with van der Waals surface area (Å²) in [6, 6.07) is 7.89. The highest BCUT2D eigenvalue weighted by atomic mass is 32.1. The van der Waals surface area contributed by atoms with Gasteiger partial charge in [0.2, 0.25) is 0 Å². The monoisotopic (exact) mass is 256 g/mol. The number of aryl methyl sites for hydroxylation is 1. The Labute approximate surface area is 109 Å². The molecule has 0 aliphatic heterocycles. The molecule has 0 unspecified atom stereocenters. The molecule has 0 spiro atoms. The molecule has 3 rings (SSSR count). The predicted octanol–water partition coefficient (Wildman–Crippen LogP) is 3.01. The van der Waals surface area contributed by atoms with Crippen molar-refractivity contribution in [3.63, 3.8) is 0 Å². The van der Waals surface area contributed by atoms with Crippen LogP contribution in [-0.4, -0.2) is 15.0 Å². The summed E-state index contributed by atoms with van der Waals surface area (Å²) in [6.07, 6.45) is 1.86. The summed E-state index contributed by atoms with van der Waals surface area (Å²) in [4.78, 5) is 14.4. The average Bonchev–Trinajstić information content (AvgIpc) is 2.89. The summed E-state index contributed by atoms with van der Waals surface area (Å²) in [5.74, 6) is 0.835. The number of anilines is 1. The highest BCUT2D eigenvalue weighted by Gasteiger charge is 2.04. The Morgan fingerprint density at radius 2 is 1.94 bits per heavy atom. The smallest absolute Gasteiger partial charge is 0.148 e. The molecule has 0 bridgehead atoms. The molecule has 4 nitrogen and oxygen atoms in total. The Morgan fingerprint density at radius 3 is 2.67 bits per heavy atom. The van der Waals surface area contributed by atoms with E-state index in [0.29, 0.717) is 0 Å². The molecule has 0 aliphatic rings. The maximum atomic E-state index is 4.58. The van der Waals surface area contributed by atoms with Crippen LogP contribution in [0.4, 0.5) is 5.82 Å². The first-order valence-electron chi connectivity index (χ1n) is 5.67. The molecule has 2 aromatic heterocycles. The predicted molar refractivity (Wildman–Crippen MR) is 73.7 cm³/mol. The van der Waals surface area contributed by atoms with Crippen LogP contribution in [-0.2, 0) is 6.54 Å². The number of rotatable bonds is 3. The van der Waals surface area contributed by atoms with Crippen molar-refractivity contribution in [1.29, 1.82) is 0 Å². The lowest BCUT2D eigenvalue weighted by Crippen LogP contribution is -2.03. The molecule has 0 atom stereocenters. The minimum Gasteiger partial charge on any atom is -0.364 e. The first kappa shape index (κ1) is 11.1. The number of para-hydroxylation sites is 2. The molecular weight excluding hydrogens is 244 g/mol. The highest BCUT2D eigenvalue weighted by Crippen LogP contribution is 2.17. The van der Waals surface area contributed by atoms with Gasteiger partial charge in [-0.2, -0.15) is 0 Å². The van der Waals surface area contributed by atoms with Gasteiger partial charge in [0, 0.05) is 11.1 Å². The van der Waals surface area contributed by atoms with Crippen molar-refractivity contribution in [2.75, 3.05) is 5.32 Å². The second-order valence-electron chi connectivity index (χ2n) is 3.97. The minimum absolute atomic E-state index is 0.735. The molecule has 0 fully saturated rings. The molecule has 3 aromatic rings. The van der Waals surface area contributed by atoms with E-state index in [2.05, 4.69) is 20.3 Å². The zero-order valence-electron chi connectivity index (χ0n) is 9.92. The second kappa shape index (κ2) is 4.70. The van der Waals surface area contributed by atoms with Crippen molar-refractivity contribution in [3.8, 4) is 0 Å². The standard InChI is InChI=1S/C13H12N4S/c1-9-13(15-7-10-6-14-8-18-10)17-12-5-3-2-4-11(12)16-9/h2-6,8H,7H2,1H3,(H,15,17). The summed E-state index contributed by atoms with van der Waals surface area (Å²) in [5, 5.41) is 3.30. The minimum atomic E-state index is 0.735. The summed E-state index contributed by atoms with van der Waals surface area (Å²) in [5.41, 5.74) is 4.59. The number of benzene rings is 1. The van der Waals surface area contributed by atoms with Crippen LogP contribution in [0.5, 0.6) is 0 Å². The Hall–Kier alpha value is -2.01.